The van der Waals surface area contributed by atoms with Crippen LogP contribution in [0, 0.1) is 0 Å². The SMILES string of the molecule is CCCNC(C)Cc1ccc(Cc2nccs2)cc1. The van der Waals surface area contributed by atoms with E-state index in [1.807, 2.05) is 11.6 Å². The highest BCUT2D eigenvalue weighted by molar-refractivity contribution is 7.09. The van der Waals surface area contributed by atoms with Crippen LogP contribution in [0.1, 0.15) is 36.4 Å². The normalized spacial score (nSPS) is 12.5. The van der Waals surface area contributed by atoms with Crippen molar-refractivity contribution in [3.63, 3.8) is 0 Å². The first-order chi connectivity index (χ1) is 9.28. The number of thiazole rings is 1. The molecule has 0 bridgehead atoms. The van der Waals surface area contributed by atoms with Crippen molar-refractivity contribution in [2.45, 2.75) is 39.2 Å². The molecule has 2 nitrogen and oxygen atoms in total. The summed E-state index contributed by atoms with van der Waals surface area (Å²) in [5.41, 5.74) is 2.74. The fourth-order valence-electron chi connectivity index (χ4n) is 2.12. The van der Waals surface area contributed by atoms with Gasteiger partial charge in [-0.2, -0.15) is 0 Å². The van der Waals surface area contributed by atoms with Gasteiger partial charge < -0.3 is 5.32 Å². The van der Waals surface area contributed by atoms with Crippen LogP contribution in [0.5, 0.6) is 0 Å². The summed E-state index contributed by atoms with van der Waals surface area (Å²) in [6, 6.07) is 9.48. The molecule has 1 heterocycles. The Hall–Kier alpha value is -1.19. The molecule has 1 aromatic carbocycles. The van der Waals surface area contributed by atoms with Gasteiger partial charge in [-0.05, 0) is 37.4 Å². The predicted octanol–water partition coefficient (Wildman–Crippen LogP) is 3.66. The number of aromatic nitrogens is 1. The van der Waals surface area contributed by atoms with Crippen LogP contribution in [-0.2, 0) is 12.8 Å². The van der Waals surface area contributed by atoms with Crippen molar-refractivity contribution in [3.05, 3.63) is 52.0 Å². The molecule has 1 atom stereocenters. The van der Waals surface area contributed by atoms with Gasteiger partial charge >= 0.3 is 0 Å². The van der Waals surface area contributed by atoms with Crippen LogP contribution < -0.4 is 5.32 Å². The quantitative estimate of drug-likeness (QED) is 0.833. The predicted molar refractivity (Wildman–Crippen MR) is 82.8 cm³/mol. The van der Waals surface area contributed by atoms with Crippen LogP contribution in [-0.4, -0.2) is 17.6 Å². The second-order valence-electron chi connectivity index (χ2n) is 4.98. The summed E-state index contributed by atoms with van der Waals surface area (Å²) in [5.74, 6) is 0. The molecule has 0 saturated carbocycles. The molecule has 0 fully saturated rings. The molecule has 0 aliphatic heterocycles. The topological polar surface area (TPSA) is 24.9 Å². The third-order valence-corrected chi connectivity index (χ3v) is 3.93. The van der Waals surface area contributed by atoms with Gasteiger partial charge in [0, 0.05) is 24.0 Å². The molecule has 0 radical (unpaired) electrons. The second-order valence-corrected chi connectivity index (χ2v) is 5.96. The van der Waals surface area contributed by atoms with Crippen molar-refractivity contribution in [1.82, 2.24) is 10.3 Å². The molecule has 0 amide bonds. The van der Waals surface area contributed by atoms with Gasteiger partial charge in [-0.25, -0.2) is 4.98 Å². The third kappa shape index (κ3) is 4.77. The summed E-state index contributed by atoms with van der Waals surface area (Å²) in [6.45, 7) is 5.55. The summed E-state index contributed by atoms with van der Waals surface area (Å²) in [7, 11) is 0. The average Bonchev–Trinajstić information content (AvgIpc) is 2.91. The molecule has 2 rings (SSSR count). The summed E-state index contributed by atoms with van der Waals surface area (Å²) in [4.78, 5) is 4.32. The molecule has 3 heteroatoms. The van der Waals surface area contributed by atoms with Crippen molar-refractivity contribution >= 4 is 11.3 Å². The molecule has 0 saturated heterocycles. The lowest BCUT2D eigenvalue weighted by molar-refractivity contribution is 0.543. The first-order valence-electron chi connectivity index (χ1n) is 6.97. The van der Waals surface area contributed by atoms with E-state index in [2.05, 4.69) is 48.4 Å². The highest BCUT2D eigenvalue weighted by Gasteiger charge is 2.03. The number of hydrogen-bond acceptors (Lipinski definition) is 3. The highest BCUT2D eigenvalue weighted by atomic mass is 32.1. The zero-order chi connectivity index (χ0) is 13.5. The Balaban J connectivity index is 1.87. The van der Waals surface area contributed by atoms with Gasteiger partial charge in [0.05, 0.1) is 5.01 Å². The zero-order valence-corrected chi connectivity index (χ0v) is 12.5. The van der Waals surface area contributed by atoms with Crippen molar-refractivity contribution < 1.29 is 0 Å². The molecular formula is C16H22N2S. The van der Waals surface area contributed by atoms with E-state index in [1.54, 1.807) is 11.3 Å². The molecule has 2 aromatic rings. The molecule has 0 aliphatic carbocycles. The largest absolute Gasteiger partial charge is 0.314 e. The first-order valence-corrected chi connectivity index (χ1v) is 7.85. The number of rotatable bonds is 7. The highest BCUT2D eigenvalue weighted by Crippen LogP contribution is 2.13. The van der Waals surface area contributed by atoms with Crippen LogP contribution >= 0.6 is 11.3 Å². The Morgan fingerprint density at radius 2 is 1.95 bits per heavy atom. The first kappa shape index (κ1) is 14.2. The van der Waals surface area contributed by atoms with Crippen LogP contribution in [0.15, 0.2) is 35.8 Å². The summed E-state index contributed by atoms with van der Waals surface area (Å²) in [6.07, 6.45) is 5.10. The van der Waals surface area contributed by atoms with Crippen LogP contribution in [0.4, 0.5) is 0 Å². The maximum Gasteiger partial charge on any atom is 0.0968 e. The molecule has 1 unspecified atom stereocenters. The lowest BCUT2D eigenvalue weighted by Gasteiger charge is -2.13. The van der Waals surface area contributed by atoms with E-state index >= 15 is 0 Å². The van der Waals surface area contributed by atoms with E-state index < -0.39 is 0 Å². The van der Waals surface area contributed by atoms with E-state index in [4.69, 9.17) is 0 Å². The minimum absolute atomic E-state index is 0.546. The molecule has 19 heavy (non-hydrogen) atoms. The Kier molecular flexibility index (Phi) is 5.55. The minimum Gasteiger partial charge on any atom is -0.314 e. The Bertz CT molecular complexity index is 462. The van der Waals surface area contributed by atoms with Gasteiger partial charge in [0.1, 0.15) is 0 Å². The Morgan fingerprint density at radius 1 is 1.21 bits per heavy atom. The third-order valence-electron chi connectivity index (χ3n) is 3.15. The number of benzene rings is 1. The lowest BCUT2D eigenvalue weighted by Crippen LogP contribution is -2.28. The summed E-state index contributed by atoms with van der Waals surface area (Å²) in [5, 5.41) is 6.74. The van der Waals surface area contributed by atoms with E-state index in [1.165, 1.54) is 22.6 Å². The van der Waals surface area contributed by atoms with Gasteiger partial charge in [-0.15, -0.1) is 11.3 Å². The van der Waals surface area contributed by atoms with Crippen molar-refractivity contribution in [2.75, 3.05) is 6.54 Å². The van der Waals surface area contributed by atoms with Crippen molar-refractivity contribution in [2.24, 2.45) is 0 Å². The molecule has 0 aliphatic rings. The lowest BCUT2D eigenvalue weighted by atomic mass is 10.0. The smallest absolute Gasteiger partial charge is 0.0968 e. The maximum absolute atomic E-state index is 4.32. The Labute approximate surface area is 119 Å². The molecule has 0 spiro atoms. The standard InChI is InChI=1S/C16H22N2S/c1-3-8-17-13(2)11-14-4-6-15(7-5-14)12-16-18-9-10-19-16/h4-7,9-10,13,17H,3,8,11-12H2,1-2H3. The Morgan fingerprint density at radius 3 is 2.58 bits per heavy atom. The van der Waals surface area contributed by atoms with Gasteiger partial charge in [-0.3, -0.25) is 0 Å². The van der Waals surface area contributed by atoms with Gasteiger partial charge in [0.25, 0.3) is 0 Å². The monoisotopic (exact) mass is 274 g/mol. The fourth-order valence-corrected chi connectivity index (χ4v) is 2.78. The average molecular weight is 274 g/mol. The molecule has 102 valence electrons. The number of nitrogens with zero attached hydrogens (tertiary/aromatic N) is 1. The fraction of sp³-hybridized carbons (Fsp3) is 0.438. The van der Waals surface area contributed by atoms with Gasteiger partial charge in [0.2, 0.25) is 0 Å². The minimum atomic E-state index is 0.546. The maximum atomic E-state index is 4.32. The zero-order valence-electron chi connectivity index (χ0n) is 11.7. The summed E-state index contributed by atoms with van der Waals surface area (Å²) >= 11 is 1.72. The molecular weight excluding hydrogens is 252 g/mol. The van der Waals surface area contributed by atoms with Crippen LogP contribution in [0.25, 0.3) is 0 Å². The van der Waals surface area contributed by atoms with E-state index in [-0.39, 0.29) is 0 Å². The van der Waals surface area contributed by atoms with Gasteiger partial charge in [-0.1, -0.05) is 31.2 Å². The van der Waals surface area contributed by atoms with E-state index in [9.17, 15) is 0 Å². The van der Waals surface area contributed by atoms with Gasteiger partial charge in [0.15, 0.2) is 0 Å². The van der Waals surface area contributed by atoms with Crippen LogP contribution in [0.2, 0.25) is 0 Å². The molecule has 1 N–H and O–H groups in total. The van der Waals surface area contributed by atoms with Crippen molar-refractivity contribution in [3.8, 4) is 0 Å². The van der Waals surface area contributed by atoms with E-state index in [0.717, 1.165) is 19.4 Å². The second kappa shape index (κ2) is 7.41. The van der Waals surface area contributed by atoms with E-state index in [0.29, 0.717) is 6.04 Å². The number of hydrogen-bond donors (Lipinski definition) is 1. The van der Waals surface area contributed by atoms with Crippen LogP contribution in [0.3, 0.4) is 0 Å². The van der Waals surface area contributed by atoms with Crippen molar-refractivity contribution in [1.29, 1.82) is 0 Å². The summed E-state index contributed by atoms with van der Waals surface area (Å²) < 4.78 is 0. The number of nitrogens with one attached hydrogen (secondary N) is 1. The molecule has 1 aromatic heterocycles.